The zero-order valence-electron chi connectivity index (χ0n) is 22.2. The summed E-state index contributed by atoms with van der Waals surface area (Å²) in [7, 11) is 0. The Morgan fingerprint density at radius 2 is 0.977 bits per heavy atom. The normalized spacial score (nSPS) is 12.8. The molecule has 0 aliphatic heterocycles. The summed E-state index contributed by atoms with van der Waals surface area (Å²) in [6.45, 7) is 2.81. The van der Waals surface area contributed by atoms with Gasteiger partial charge in [-0.05, 0) is 25.5 Å². The van der Waals surface area contributed by atoms with E-state index in [0.717, 1.165) is 18.7 Å². The molecule has 0 heterocycles. The van der Waals surface area contributed by atoms with Crippen LogP contribution in [0.4, 0.5) is 74.6 Å². The highest BCUT2D eigenvalue weighted by atomic mass is 19.4. The van der Waals surface area contributed by atoms with Gasteiger partial charge in [0.1, 0.15) is 5.56 Å². The van der Waals surface area contributed by atoms with E-state index in [1.54, 1.807) is 0 Å². The smallest absolute Gasteiger partial charge is 0.253 e. The quantitative estimate of drug-likeness (QED) is 0.0881. The lowest BCUT2D eigenvalue weighted by Gasteiger charge is -2.33. The van der Waals surface area contributed by atoms with Crippen molar-refractivity contribution in [3.05, 3.63) is 57.7 Å². The largest absolute Gasteiger partial charge is 0.419 e. The van der Waals surface area contributed by atoms with Crippen molar-refractivity contribution in [3.63, 3.8) is 0 Å². The molecule has 0 unspecified atom stereocenters. The van der Waals surface area contributed by atoms with Gasteiger partial charge < -0.3 is 0 Å². The average Bonchev–Trinajstić information content (AvgIpc) is 2.90. The fraction of sp³-hybridized carbons (Fsp3) is 0.520. The standard InChI is InChI=1S/C14H3F11.C11H19F6N/c1-2-3(4-7(16)11(20)13(22)12(21)8(4)17)5(14(23,24)25)9(18)10(19)6(2)15;1-3-5-6-7-8-9(12,13)10(14,15)11(16,17)18-4-2/h1H3;18H,3-8H2,1-2H3. The number of hydrogen-bond acceptors (Lipinski definition) is 1. The van der Waals surface area contributed by atoms with Gasteiger partial charge in [0.2, 0.25) is 5.82 Å². The predicted octanol–water partition coefficient (Wildman–Crippen LogP) is 10.2. The first-order valence-electron chi connectivity index (χ1n) is 12.1. The van der Waals surface area contributed by atoms with Crippen LogP contribution in [0.15, 0.2) is 0 Å². The molecular weight excluding hydrogens is 637 g/mol. The Morgan fingerprint density at radius 1 is 0.535 bits per heavy atom. The fourth-order valence-corrected chi connectivity index (χ4v) is 3.67. The van der Waals surface area contributed by atoms with E-state index in [1.807, 2.05) is 6.92 Å². The van der Waals surface area contributed by atoms with Crippen molar-refractivity contribution < 1.29 is 74.6 Å². The molecule has 0 aliphatic rings. The molecule has 0 aliphatic carbocycles. The van der Waals surface area contributed by atoms with Crippen LogP contribution in [-0.4, -0.2) is 24.4 Å². The van der Waals surface area contributed by atoms with Gasteiger partial charge in [-0.3, -0.25) is 5.32 Å². The molecule has 2 rings (SSSR count). The maximum absolute atomic E-state index is 13.8. The van der Waals surface area contributed by atoms with Crippen LogP contribution in [0.5, 0.6) is 0 Å². The molecule has 246 valence electrons. The van der Waals surface area contributed by atoms with Crippen molar-refractivity contribution in [2.75, 3.05) is 6.54 Å². The fourth-order valence-electron chi connectivity index (χ4n) is 3.67. The maximum atomic E-state index is 13.8. The molecule has 0 radical (unpaired) electrons. The molecule has 0 fully saturated rings. The minimum atomic E-state index is -5.83. The van der Waals surface area contributed by atoms with Crippen LogP contribution in [0.25, 0.3) is 11.1 Å². The van der Waals surface area contributed by atoms with Crippen LogP contribution in [0.1, 0.15) is 57.1 Å². The molecule has 0 saturated heterocycles. The summed E-state index contributed by atoms with van der Waals surface area (Å²) in [5.74, 6) is -31.3. The van der Waals surface area contributed by atoms with Gasteiger partial charge in [-0.25, -0.2) is 35.1 Å². The van der Waals surface area contributed by atoms with Crippen LogP contribution in [0, 0.1) is 53.5 Å². The number of nitrogens with one attached hydrogen (secondary N) is 1. The molecule has 2 aromatic rings. The average molecular weight is 659 g/mol. The zero-order valence-corrected chi connectivity index (χ0v) is 22.2. The number of rotatable bonds is 10. The Morgan fingerprint density at radius 3 is 1.40 bits per heavy atom. The van der Waals surface area contributed by atoms with Gasteiger partial charge in [0, 0.05) is 12.0 Å². The molecule has 1 nitrogen and oxygen atoms in total. The molecule has 0 bridgehead atoms. The second-order valence-electron chi connectivity index (χ2n) is 8.95. The molecule has 0 saturated carbocycles. The molecule has 0 amide bonds. The molecule has 0 spiro atoms. The summed E-state index contributed by atoms with van der Waals surface area (Å²) in [5.41, 5.74) is -8.45. The summed E-state index contributed by atoms with van der Waals surface area (Å²) in [6, 6.07) is -4.91. The third-order valence-electron chi connectivity index (χ3n) is 5.90. The lowest BCUT2D eigenvalue weighted by molar-refractivity contribution is -0.320. The Balaban J connectivity index is 0.000000457. The van der Waals surface area contributed by atoms with Crippen molar-refractivity contribution in [1.82, 2.24) is 5.32 Å². The van der Waals surface area contributed by atoms with Crippen molar-refractivity contribution in [2.45, 2.75) is 76.9 Å². The molecule has 43 heavy (non-hydrogen) atoms. The van der Waals surface area contributed by atoms with Crippen molar-refractivity contribution in [1.29, 1.82) is 0 Å². The maximum Gasteiger partial charge on any atom is 0.419 e. The van der Waals surface area contributed by atoms with Gasteiger partial charge >= 0.3 is 24.1 Å². The second kappa shape index (κ2) is 13.9. The Hall–Kier alpha value is -2.79. The number of alkyl halides is 9. The van der Waals surface area contributed by atoms with Gasteiger partial charge in [-0.1, -0.05) is 33.1 Å². The molecule has 0 atom stereocenters. The Bertz CT molecular complexity index is 1260. The topological polar surface area (TPSA) is 12.0 Å². The van der Waals surface area contributed by atoms with Gasteiger partial charge in [0.05, 0.1) is 5.56 Å². The minimum absolute atomic E-state index is 0.196. The van der Waals surface area contributed by atoms with Crippen LogP contribution >= 0.6 is 0 Å². The van der Waals surface area contributed by atoms with Gasteiger partial charge in [0.15, 0.2) is 40.7 Å². The summed E-state index contributed by atoms with van der Waals surface area (Å²) in [5, 5.41) is 1.11. The molecule has 18 heteroatoms. The first-order valence-corrected chi connectivity index (χ1v) is 12.1. The van der Waals surface area contributed by atoms with Crippen LogP contribution in [-0.2, 0) is 6.18 Å². The van der Waals surface area contributed by atoms with E-state index in [-0.39, 0.29) is 6.42 Å². The van der Waals surface area contributed by atoms with E-state index < -0.39 is 106 Å². The van der Waals surface area contributed by atoms with E-state index in [2.05, 4.69) is 0 Å². The van der Waals surface area contributed by atoms with E-state index in [9.17, 15) is 74.6 Å². The van der Waals surface area contributed by atoms with Gasteiger partial charge in [-0.2, -0.15) is 39.5 Å². The van der Waals surface area contributed by atoms with Gasteiger partial charge in [0.25, 0.3) is 0 Å². The first kappa shape index (κ1) is 38.2. The van der Waals surface area contributed by atoms with Crippen LogP contribution in [0.3, 0.4) is 0 Å². The van der Waals surface area contributed by atoms with Crippen LogP contribution in [0.2, 0.25) is 0 Å². The zero-order chi connectivity index (χ0) is 33.9. The highest BCUT2D eigenvalue weighted by Gasteiger charge is 2.70. The second-order valence-corrected chi connectivity index (χ2v) is 8.95. The monoisotopic (exact) mass is 659 g/mol. The number of unbranched alkanes of at least 4 members (excludes halogenated alkanes) is 3. The van der Waals surface area contributed by atoms with E-state index in [4.69, 9.17) is 0 Å². The van der Waals surface area contributed by atoms with Crippen LogP contribution < -0.4 is 5.32 Å². The number of halogens is 17. The lowest BCUT2D eigenvalue weighted by Crippen LogP contribution is -2.60. The minimum Gasteiger partial charge on any atom is -0.253 e. The number of benzene rings is 2. The first-order chi connectivity index (χ1) is 19.4. The lowest BCUT2D eigenvalue weighted by atomic mass is 9.92. The highest BCUT2D eigenvalue weighted by Crippen LogP contribution is 2.47. The Kier molecular flexibility index (Phi) is 12.3. The predicted molar refractivity (Wildman–Crippen MR) is 119 cm³/mol. The van der Waals surface area contributed by atoms with Crippen molar-refractivity contribution in [2.24, 2.45) is 0 Å². The number of hydrogen-bond donors (Lipinski definition) is 1. The van der Waals surface area contributed by atoms with Crippen molar-refractivity contribution >= 4 is 0 Å². The molecular formula is C25H22F17N. The summed E-state index contributed by atoms with van der Waals surface area (Å²) < 4.78 is 225. The highest BCUT2D eigenvalue weighted by molar-refractivity contribution is 5.73. The summed E-state index contributed by atoms with van der Waals surface area (Å²) >= 11 is 0. The molecule has 1 N–H and O–H groups in total. The van der Waals surface area contributed by atoms with E-state index in [0.29, 0.717) is 19.8 Å². The third kappa shape index (κ3) is 7.66. The van der Waals surface area contributed by atoms with Gasteiger partial charge in [-0.15, -0.1) is 0 Å². The molecule has 2 aromatic carbocycles. The Labute approximate surface area is 233 Å². The SMILES string of the molecule is CCCCCCC(F)(F)C(F)(F)C(F)(F)NCC.Cc1c(F)c(F)c(F)c(C(F)(F)F)c1-c1c(F)c(F)c(F)c(F)c1F. The molecule has 0 aromatic heterocycles. The summed E-state index contributed by atoms with van der Waals surface area (Å²) in [4.78, 5) is 0. The summed E-state index contributed by atoms with van der Waals surface area (Å²) in [6.07, 6.45) is -5.58. The van der Waals surface area contributed by atoms with E-state index in [1.165, 1.54) is 0 Å². The van der Waals surface area contributed by atoms with E-state index >= 15 is 0 Å². The third-order valence-corrected chi connectivity index (χ3v) is 5.90. The van der Waals surface area contributed by atoms with Crippen molar-refractivity contribution in [3.8, 4) is 11.1 Å².